The van der Waals surface area contributed by atoms with Gasteiger partial charge in [0.05, 0.1) is 12.8 Å². The first-order valence-corrected chi connectivity index (χ1v) is 9.02. The van der Waals surface area contributed by atoms with Gasteiger partial charge in [-0.25, -0.2) is 0 Å². The number of rotatable bonds is 4. The summed E-state index contributed by atoms with van der Waals surface area (Å²) in [6.07, 6.45) is 2.64. The zero-order chi connectivity index (χ0) is 16.4. The Labute approximate surface area is 144 Å². The van der Waals surface area contributed by atoms with Gasteiger partial charge in [0.15, 0.2) is 0 Å². The summed E-state index contributed by atoms with van der Waals surface area (Å²) < 4.78 is 5.51. The molecule has 24 heavy (non-hydrogen) atoms. The molecular weight excluding hydrogens is 296 g/mol. The molecule has 2 aromatic carbocycles. The number of methoxy groups -OCH3 is 1. The molecule has 0 aromatic heterocycles. The van der Waals surface area contributed by atoms with Crippen molar-refractivity contribution in [3.05, 3.63) is 60.2 Å². The topological polar surface area (TPSA) is 15.7 Å². The number of para-hydroxylation sites is 2. The lowest BCUT2D eigenvalue weighted by Gasteiger charge is -2.47. The van der Waals surface area contributed by atoms with Crippen molar-refractivity contribution in [1.82, 2.24) is 4.90 Å². The minimum atomic E-state index is 0.767. The average molecular weight is 322 g/mol. The van der Waals surface area contributed by atoms with Gasteiger partial charge in [-0.2, -0.15) is 0 Å². The third kappa shape index (κ3) is 3.01. The van der Waals surface area contributed by atoms with Gasteiger partial charge in [0.25, 0.3) is 0 Å². The van der Waals surface area contributed by atoms with Gasteiger partial charge in [0.2, 0.25) is 0 Å². The summed E-state index contributed by atoms with van der Waals surface area (Å²) in [7, 11) is 1.76. The van der Waals surface area contributed by atoms with Crippen molar-refractivity contribution in [2.75, 3.05) is 38.2 Å². The molecule has 0 spiro atoms. The van der Waals surface area contributed by atoms with Gasteiger partial charge in [-0.3, -0.25) is 4.90 Å². The van der Waals surface area contributed by atoms with Crippen LogP contribution in [0, 0.1) is 0 Å². The van der Waals surface area contributed by atoms with Crippen LogP contribution in [0.3, 0.4) is 0 Å². The van der Waals surface area contributed by atoms with Crippen LogP contribution in [0.5, 0.6) is 5.75 Å². The van der Waals surface area contributed by atoms with E-state index in [1.807, 2.05) is 6.07 Å². The average Bonchev–Trinajstić information content (AvgIpc) is 2.62. The Hall–Kier alpha value is -2.00. The highest BCUT2D eigenvalue weighted by Gasteiger charge is 2.35. The molecule has 1 aliphatic heterocycles. The van der Waals surface area contributed by atoms with Crippen molar-refractivity contribution in [2.45, 2.75) is 24.8 Å². The summed E-state index contributed by atoms with van der Waals surface area (Å²) in [6, 6.07) is 20.1. The summed E-state index contributed by atoms with van der Waals surface area (Å²) in [5.41, 5.74) is 2.75. The summed E-state index contributed by atoms with van der Waals surface area (Å²) in [6.45, 7) is 4.49. The number of nitrogens with zero attached hydrogens (tertiary/aromatic N) is 2. The lowest BCUT2D eigenvalue weighted by atomic mass is 9.75. The van der Waals surface area contributed by atoms with Crippen LogP contribution in [-0.4, -0.2) is 44.2 Å². The lowest BCUT2D eigenvalue weighted by Crippen LogP contribution is -2.53. The summed E-state index contributed by atoms with van der Waals surface area (Å²) in [5.74, 6) is 1.75. The molecule has 3 nitrogen and oxygen atoms in total. The molecule has 0 atom stereocenters. The highest BCUT2D eigenvalue weighted by atomic mass is 16.5. The Kier molecular flexibility index (Phi) is 4.44. The van der Waals surface area contributed by atoms with Gasteiger partial charge >= 0.3 is 0 Å². The zero-order valence-corrected chi connectivity index (χ0v) is 14.4. The van der Waals surface area contributed by atoms with Crippen LogP contribution < -0.4 is 9.64 Å². The number of anilines is 1. The van der Waals surface area contributed by atoms with Crippen LogP contribution in [0.1, 0.15) is 24.3 Å². The summed E-state index contributed by atoms with van der Waals surface area (Å²) in [5, 5.41) is 0. The molecule has 0 unspecified atom stereocenters. The van der Waals surface area contributed by atoms with Gasteiger partial charge in [-0.1, -0.05) is 42.5 Å². The largest absolute Gasteiger partial charge is 0.495 e. The fourth-order valence-electron chi connectivity index (χ4n) is 4.10. The summed E-state index contributed by atoms with van der Waals surface area (Å²) >= 11 is 0. The van der Waals surface area contributed by atoms with Crippen molar-refractivity contribution < 1.29 is 4.74 Å². The van der Waals surface area contributed by atoms with Crippen LogP contribution in [-0.2, 0) is 0 Å². The second kappa shape index (κ2) is 6.86. The van der Waals surface area contributed by atoms with Crippen LogP contribution in [0.4, 0.5) is 5.69 Å². The van der Waals surface area contributed by atoms with Crippen molar-refractivity contribution in [3.63, 3.8) is 0 Å². The van der Waals surface area contributed by atoms with Crippen LogP contribution in [0.2, 0.25) is 0 Å². The second-order valence-corrected chi connectivity index (χ2v) is 6.93. The van der Waals surface area contributed by atoms with Gasteiger partial charge in [0, 0.05) is 32.2 Å². The number of benzene rings is 2. The molecule has 2 fully saturated rings. The third-order valence-corrected chi connectivity index (χ3v) is 5.64. The maximum absolute atomic E-state index is 5.51. The molecule has 126 valence electrons. The fourth-order valence-corrected chi connectivity index (χ4v) is 4.10. The molecule has 0 radical (unpaired) electrons. The van der Waals surface area contributed by atoms with E-state index in [2.05, 4.69) is 58.3 Å². The smallest absolute Gasteiger partial charge is 0.142 e. The first kappa shape index (κ1) is 15.5. The van der Waals surface area contributed by atoms with Crippen LogP contribution in [0.25, 0.3) is 0 Å². The van der Waals surface area contributed by atoms with E-state index in [1.165, 1.54) is 24.1 Å². The number of ether oxygens (including phenoxy) is 1. The lowest BCUT2D eigenvalue weighted by molar-refractivity contribution is 0.102. The molecule has 1 aliphatic carbocycles. The van der Waals surface area contributed by atoms with Gasteiger partial charge in [-0.05, 0) is 36.5 Å². The quantitative estimate of drug-likeness (QED) is 0.852. The molecular formula is C21H26N2O. The number of piperazine rings is 1. The molecule has 0 amide bonds. The van der Waals surface area contributed by atoms with E-state index in [1.54, 1.807) is 7.11 Å². The van der Waals surface area contributed by atoms with E-state index in [-0.39, 0.29) is 0 Å². The van der Waals surface area contributed by atoms with E-state index in [0.717, 1.165) is 43.9 Å². The molecule has 1 saturated carbocycles. The molecule has 3 heteroatoms. The van der Waals surface area contributed by atoms with Crippen molar-refractivity contribution in [2.24, 2.45) is 0 Å². The maximum atomic E-state index is 5.51. The maximum Gasteiger partial charge on any atom is 0.142 e. The van der Waals surface area contributed by atoms with Gasteiger partial charge in [-0.15, -0.1) is 0 Å². The monoisotopic (exact) mass is 322 g/mol. The minimum absolute atomic E-state index is 0.767. The molecule has 2 aromatic rings. The highest BCUT2D eigenvalue weighted by molar-refractivity contribution is 5.58. The van der Waals surface area contributed by atoms with E-state index in [4.69, 9.17) is 4.74 Å². The van der Waals surface area contributed by atoms with E-state index >= 15 is 0 Å². The zero-order valence-electron chi connectivity index (χ0n) is 14.4. The van der Waals surface area contributed by atoms with Crippen LogP contribution in [0.15, 0.2) is 54.6 Å². The Balaban J connectivity index is 1.31. The second-order valence-electron chi connectivity index (χ2n) is 6.93. The third-order valence-electron chi connectivity index (χ3n) is 5.64. The molecule has 4 rings (SSSR count). The molecule has 0 bridgehead atoms. The first-order chi connectivity index (χ1) is 11.8. The predicted octanol–water partition coefficient (Wildman–Crippen LogP) is 3.76. The normalized spacial score (nSPS) is 24.5. The minimum Gasteiger partial charge on any atom is -0.495 e. The SMILES string of the molecule is COc1ccccc1N1CCN([C@H]2C[C@H](c3ccccc3)C2)CC1. The van der Waals surface area contributed by atoms with Gasteiger partial charge < -0.3 is 9.64 Å². The van der Waals surface area contributed by atoms with Gasteiger partial charge in [0.1, 0.15) is 5.75 Å². The molecule has 1 heterocycles. The first-order valence-electron chi connectivity index (χ1n) is 9.02. The van der Waals surface area contributed by atoms with Crippen LogP contribution >= 0.6 is 0 Å². The van der Waals surface area contributed by atoms with Crippen molar-refractivity contribution >= 4 is 5.69 Å². The van der Waals surface area contributed by atoms with E-state index in [0.29, 0.717) is 0 Å². The van der Waals surface area contributed by atoms with E-state index < -0.39 is 0 Å². The highest BCUT2D eigenvalue weighted by Crippen LogP contribution is 2.40. The van der Waals surface area contributed by atoms with Crippen molar-refractivity contribution in [1.29, 1.82) is 0 Å². The Morgan fingerprint density at radius 3 is 2.21 bits per heavy atom. The number of hydrogen-bond donors (Lipinski definition) is 0. The predicted molar refractivity (Wildman–Crippen MR) is 99.0 cm³/mol. The summed E-state index contributed by atoms with van der Waals surface area (Å²) in [4.78, 5) is 5.15. The van der Waals surface area contributed by atoms with E-state index in [9.17, 15) is 0 Å². The Morgan fingerprint density at radius 1 is 0.833 bits per heavy atom. The molecule has 0 N–H and O–H groups in total. The standard InChI is InChI=1S/C21H26N2O/c1-24-21-10-6-5-9-20(21)23-13-11-22(12-14-23)19-15-18(16-19)17-7-3-2-4-8-17/h2-10,18-19H,11-16H2,1H3/t18-,19-. The van der Waals surface area contributed by atoms with Crippen molar-refractivity contribution in [3.8, 4) is 5.75 Å². The number of hydrogen-bond acceptors (Lipinski definition) is 3. The Morgan fingerprint density at radius 2 is 1.50 bits per heavy atom. The molecule has 2 aliphatic rings. The fraction of sp³-hybridized carbons (Fsp3) is 0.429. The molecule has 1 saturated heterocycles. The Bertz CT molecular complexity index is 659.